The normalized spacial score (nSPS) is 18.4. The molecule has 2 N–H and O–H groups in total. The molecule has 1 aromatic heterocycles. The molecule has 1 fully saturated rings. The van der Waals surface area contributed by atoms with Crippen LogP contribution in [0.4, 0.5) is 5.69 Å². The van der Waals surface area contributed by atoms with Crippen LogP contribution < -0.4 is 10.6 Å². The second-order valence-electron chi connectivity index (χ2n) is 4.91. The molecular weight excluding hydrogens is 292 g/mol. The number of tetrazole rings is 1. The first-order chi connectivity index (χ1) is 10.2. The highest BCUT2D eigenvalue weighted by atomic mass is 35.5. The lowest BCUT2D eigenvalue weighted by molar-refractivity contribution is -0.118. The van der Waals surface area contributed by atoms with E-state index in [4.69, 9.17) is 11.6 Å². The van der Waals surface area contributed by atoms with Gasteiger partial charge < -0.3 is 10.6 Å². The van der Waals surface area contributed by atoms with Gasteiger partial charge in [-0.25, -0.2) is 4.68 Å². The molecule has 0 bridgehead atoms. The van der Waals surface area contributed by atoms with Crippen LogP contribution >= 0.6 is 11.6 Å². The summed E-state index contributed by atoms with van der Waals surface area (Å²) in [4.78, 5) is 12.2. The van der Waals surface area contributed by atoms with Crippen LogP contribution in [0.3, 0.4) is 0 Å². The summed E-state index contributed by atoms with van der Waals surface area (Å²) in [5.41, 5.74) is 1.29. The van der Waals surface area contributed by atoms with Gasteiger partial charge in [-0.1, -0.05) is 18.0 Å². The van der Waals surface area contributed by atoms with E-state index in [1.807, 2.05) is 0 Å². The summed E-state index contributed by atoms with van der Waals surface area (Å²) in [6.07, 6.45) is 4.50. The molecule has 1 aromatic carbocycles. The molecule has 0 aliphatic carbocycles. The van der Waals surface area contributed by atoms with Gasteiger partial charge in [0.05, 0.1) is 22.4 Å². The lowest BCUT2D eigenvalue weighted by Gasteiger charge is -2.22. The van der Waals surface area contributed by atoms with Gasteiger partial charge in [-0.2, -0.15) is 0 Å². The monoisotopic (exact) mass is 306 g/mol. The summed E-state index contributed by atoms with van der Waals surface area (Å²) in [5.74, 6) is -0.0644. The Labute approximate surface area is 126 Å². The second kappa shape index (κ2) is 6.19. The Hall–Kier alpha value is -1.99. The van der Waals surface area contributed by atoms with E-state index in [-0.39, 0.29) is 11.9 Å². The fourth-order valence-corrected chi connectivity index (χ4v) is 2.49. The Morgan fingerprint density at radius 1 is 1.43 bits per heavy atom. The molecule has 0 saturated carbocycles. The third-order valence-corrected chi connectivity index (χ3v) is 3.78. The van der Waals surface area contributed by atoms with Gasteiger partial charge >= 0.3 is 0 Å². The fourth-order valence-electron chi connectivity index (χ4n) is 2.33. The van der Waals surface area contributed by atoms with Crippen molar-refractivity contribution in [1.29, 1.82) is 0 Å². The first kappa shape index (κ1) is 14.0. The number of halogens is 1. The van der Waals surface area contributed by atoms with Gasteiger partial charge in [-0.3, -0.25) is 4.79 Å². The predicted molar refractivity (Wildman–Crippen MR) is 78.4 cm³/mol. The predicted octanol–water partition coefficient (Wildman–Crippen LogP) is 1.40. The van der Waals surface area contributed by atoms with Crippen molar-refractivity contribution < 1.29 is 4.79 Å². The molecule has 0 spiro atoms. The van der Waals surface area contributed by atoms with Crippen molar-refractivity contribution in [2.24, 2.45) is 0 Å². The maximum atomic E-state index is 12.2. The number of amides is 1. The van der Waals surface area contributed by atoms with Crippen molar-refractivity contribution in [1.82, 2.24) is 25.5 Å². The van der Waals surface area contributed by atoms with Crippen molar-refractivity contribution in [2.75, 3.05) is 11.9 Å². The Balaban J connectivity index is 1.78. The number of hydrogen-bond acceptors (Lipinski definition) is 5. The van der Waals surface area contributed by atoms with Crippen LogP contribution in [-0.4, -0.2) is 38.7 Å². The van der Waals surface area contributed by atoms with Crippen molar-refractivity contribution in [3.8, 4) is 5.69 Å². The molecule has 1 aliphatic rings. The summed E-state index contributed by atoms with van der Waals surface area (Å²) in [6, 6.07) is 5.08. The number of hydrogen-bond donors (Lipinski definition) is 2. The second-order valence-corrected chi connectivity index (χ2v) is 5.32. The lowest BCUT2D eigenvalue weighted by Crippen LogP contribution is -2.43. The number of nitrogens with zero attached hydrogens (tertiary/aromatic N) is 4. The zero-order valence-electron chi connectivity index (χ0n) is 11.3. The number of carbonyl (C=O) groups is 1. The van der Waals surface area contributed by atoms with Gasteiger partial charge in [0.25, 0.3) is 0 Å². The molecule has 21 heavy (non-hydrogen) atoms. The van der Waals surface area contributed by atoms with Crippen LogP contribution in [0.15, 0.2) is 24.5 Å². The molecule has 7 nitrogen and oxygen atoms in total. The van der Waals surface area contributed by atoms with E-state index < -0.39 is 0 Å². The van der Waals surface area contributed by atoms with E-state index in [1.165, 1.54) is 11.0 Å². The molecule has 2 aromatic rings. The van der Waals surface area contributed by atoms with Gasteiger partial charge in [-0.15, -0.1) is 5.10 Å². The first-order valence-corrected chi connectivity index (χ1v) is 7.19. The SMILES string of the molecule is O=C(Nc1cc(-n2cnnn2)ccc1Cl)C1CCCCN1. The Kier molecular flexibility index (Phi) is 4.12. The number of carbonyl (C=O) groups excluding carboxylic acids is 1. The third-order valence-electron chi connectivity index (χ3n) is 3.45. The summed E-state index contributed by atoms with van der Waals surface area (Å²) in [6.45, 7) is 0.872. The quantitative estimate of drug-likeness (QED) is 0.895. The van der Waals surface area contributed by atoms with Crippen molar-refractivity contribution in [3.63, 3.8) is 0 Å². The average molecular weight is 307 g/mol. The smallest absolute Gasteiger partial charge is 0.241 e. The zero-order valence-corrected chi connectivity index (χ0v) is 12.0. The van der Waals surface area contributed by atoms with Gasteiger partial charge in [0, 0.05) is 0 Å². The summed E-state index contributed by atoms with van der Waals surface area (Å²) >= 11 is 6.14. The van der Waals surface area contributed by atoms with Crippen LogP contribution in [0, 0.1) is 0 Å². The number of aromatic nitrogens is 4. The summed E-state index contributed by atoms with van der Waals surface area (Å²) in [5, 5.41) is 17.5. The van der Waals surface area contributed by atoms with Gasteiger partial charge in [0.2, 0.25) is 5.91 Å². The molecule has 110 valence electrons. The van der Waals surface area contributed by atoms with Gasteiger partial charge in [0.1, 0.15) is 6.33 Å². The average Bonchev–Trinajstić information content (AvgIpc) is 3.04. The Morgan fingerprint density at radius 2 is 2.33 bits per heavy atom. The molecule has 1 saturated heterocycles. The highest BCUT2D eigenvalue weighted by Gasteiger charge is 2.21. The van der Waals surface area contributed by atoms with Crippen LogP contribution in [0.2, 0.25) is 5.02 Å². The van der Waals surface area contributed by atoms with Crippen LogP contribution in [0.1, 0.15) is 19.3 Å². The molecule has 3 rings (SSSR count). The number of nitrogens with one attached hydrogen (secondary N) is 2. The van der Waals surface area contributed by atoms with Crippen LogP contribution in [0.5, 0.6) is 0 Å². The topological polar surface area (TPSA) is 84.7 Å². The highest BCUT2D eigenvalue weighted by molar-refractivity contribution is 6.33. The minimum Gasteiger partial charge on any atom is -0.323 e. The molecule has 8 heteroatoms. The molecule has 1 aliphatic heterocycles. The van der Waals surface area contributed by atoms with Crippen molar-refractivity contribution in [3.05, 3.63) is 29.5 Å². The molecule has 0 radical (unpaired) electrons. The van der Waals surface area contributed by atoms with E-state index in [1.54, 1.807) is 18.2 Å². The molecule has 2 heterocycles. The number of anilines is 1. The number of benzene rings is 1. The van der Waals surface area contributed by atoms with E-state index >= 15 is 0 Å². The maximum Gasteiger partial charge on any atom is 0.241 e. The zero-order chi connectivity index (χ0) is 14.7. The van der Waals surface area contributed by atoms with Crippen molar-refractivity contribution in [2.45, 2.75) is 25.3 Å². The van der Waals surface area contributed by atoms with E-state index in [9.17, 15) is 4.79 Å². The minimum absolute atomic E-state index is 0.0644. The Bertz CT molecular complexity index is 624. The molecule has 1 unspecified atom stereocenters. The van der Waals surface area contributed by atoms with Gasteiger partial charge in [-0.05, 0) is 48.0 Å². The molecule has 1 atom stereocenters. The molecule has 1 amide bonds. The van der Waals surface area contributed by atoms with Crippen molar-refractivity contribution >= 4 is 23.2 Å². The van der Waals surface area contributed by atoms with E-state index in [2.05, 4.69) is 26.2 Å². The summed E-state index contributed by atoms with van der Waals surface area (Å²) < 4.78 is 1.50. The fraction of sp³-hybridized carbons (Fsp3) is 0.385. The number of rotatable bonds is 3. The summed E-state index contributed by atoms with van der Waals surface area (Å²) in [7, 11) is 0. The van der Waals surface area contributed by atoms with Crippen LogP contribution in [-0.2, 0) is 4.79 Å². The maximum absolute atomic E-state index is 12.2. The van der Waals surface area contributed by atoms with E-state index in [0.717, 1.165) is 31.5 Å². The molecular formula is C13H15ClN6O. The highest BCUT2D eigenvalue weighted by Crippen LogP contribution is 2.25. The van der Waals surface area contributed by atoms with E-state index in [0.29, 0.717) is 10.7 Å². The van der Waals surface area contributed by atoms with Gasteiger partial charge in [0.15, 0.2) is 0 Å². The third kappa shape index (κ3) is 3.20. The largest absolute Gasteiger partial charge is 0.323 e. The van der Waals surface area contributed by atoms with Crippen LogP contribution in [0.25, 0.3) is 5.69 Å². The first-order valence-electron chi connectivity index (χ1n) is 6.81. The Morgan fingerprint density at radius 3 is 3.05 bits per heavy atom. The lowest BCUT2D eigenvalue weighted by atomic mass is 10.0. The number of piperidine rings is 1. The standard InChI is InChI=1S/C13H15ClN6O/c14-10-5-4-9(20-8-16-18-19-20)7-12(10)17-13(21)11-3-1-2-6-15-11/h4-5,7-8,11,15H,1-3,6H2,(H,17,21). The minimum atomic E-state index is -0.161.